The molecule has 0 aliphatic rings. The van der Waals surface area contributed by atoms with Gasteiger partial charge in [0.25, 0.3) is 0 Å². The molecule has 4 rings (SSSR count). The van der Waals surface area contributed by atoms with Gasteiger partial charge in [-0.05, 0) is 175 Å². The fourth-order valence-corrected chi connectivity index (χ4v) is 6.92. The molecule has 8 nitrogen and oxygen atoms in total. The molecular weight excluding hydrogens is 945 g/mol. The molecular formula is C68H112O8. The van der Waals surface area contributed by atoms with Crippen molar-refractivity contribution in [2.75, 3.05) is 0 Å². The molecule has 0 atom stereocenters. The lowest BCUT2D eigenvalue weighted by atomic mass is 9.88. The monoisotopic (exact) mass is 1060 g/mol. The summed E-state index contributed by atoms with van der Waals surface area (Å²) in [6.45, 7) is 50.5. The summed E-state index contributed by atoms with van der Waals surface area (Å²) in [4.78, 5) is 46.7. The van der Waals surface area contributed by atoms with E-state index in [0.717, 1.165) is 47.9 Å². The van der Waals surface area contributed by atoms with Gasteiger partial charge >= 0.3 is 23.9 Å². The van der Waals surface area contributed by atoms with Crippen LogP contribution in [0.1, 0.15) is 216 Å². The highest BCUT2D eigenvalue weighted by molar-refractivity contribution is 5.76. The fraction of sp³-hybridized carbons (Fsp3) is 0.588. The number of carbonyl (C=O) groups excluding carboxylic acids is 4. The van der Waals surface area contributed by atoms with Crippen LogP contribution in [0, 0.1) is 43.3 Å². The van der Waals surface area contributed by atoms with Gasteiger partial charge in [0.1, 0.15) is 26.4 Å². The van der Waals surface area contributed by atoms with E-state index in [1.165, 1.54) is 22.3 Å². The molecule has 0 spiro atoms. The minimum atomic E-state index is -0.438. The van der Waals surface area contributed by atoms with Crippen LogP contribution >= 0.6 is 0 Å². The predicted molar refractivity (Wildman–Crippen MR) is 324 cm³/mol. The van der Waals surface area contributed by atoms with Crippen molar-refractivity contribution in [3.63, 3.8) is 0 Å². The summed E-state index contributed by atoms with van der Waals surface area (Å²) in [7, 11) is 0. The van der Waals surface area contributed by atoms with Crippen molar-refractivity contribution in [2.24, 2.45) is 43.3 Å². The van der Waals surface area contributed by atoms with Crippen molar-refractivity contribution in [2.45, 2.75) is 218 Å². The van der Waals surface area contributed by atoms with Crippen LogP contribution in [0.5, 0.6) is 0 Å². The van der Waals surface area contributed by atoms with E-state index in [9.17, 15) is 19.2 Å². The van der Waals surface area contributed by atoms with E-state index in [4.69, 9.17) is 18.9 Å². The Balaban J connectivity index is -0.000000473. The van der Waals surface area contributed by atoms with Crippen LogP contribution < -0.4 is 0 Å². The smallest absolute Gasteiger partial charge is 0.311 e. The van der Waals surface area contributed by atoms with E-state index in [1.807, 2.05) is 132 Å². The molecule has 0 unspecified atom stereocenters. The van der Waals surface area contributed by atoms with Gasteiger partial charge in [-0.3, -0.25) is 19.2 Å². The maximum absolute atomic E-state index is 11.7. The van der Waals surface area contributed by atoms with Crippen molar-refractivity contribution >= 4 is 23.9 Å². The van der Waals surface area contributed by atoms with Gasteiger partial charge in [0.05, 0.1) is 21.7 Å². The highest BCUT2D eigenvalue weighted by atomic mass is 16.5. The summed E-state index contributed by atoms with van der Waals surface area (Å²) >= 11 is 0. The Bertz CT molecular complexity index is 2030. The molecule has 0 N–H and O–H groups in total. The Hall–Kier alpha value is -5.24. The summed E-state index contributed by atoms with van der Waals surface area (Å²) in [6.07, 6.45) is 4.20. The van der Waals surface area contributed by atoms with Crippen LogP contribution in [0.25, 0.3) is 0 Å². The zero-order chi connectivity index (χ0) is 58.7. The summed E-state index contributed by atoms with van der Waals surface area (Å²) in [6, 6.07) is 33.2. The second-order valence-electron chi connectivity index (χ2n) is 29.5. The van der Waals surface area contributed by atoms with Crippen molar-refractivity contribution in [1.29, 1.82) is 0 Å². The van der Waals surface area contributed by atoms with E-state index in [-0.39, 0.29) is 29.6 Å². The minimum absolute atomic E-state index is 0. The van der Waals surface area contributed by atoms with Crippen LogP contribution in [0.4, 0.5) is 0 Å². The molecule has 0 fully saturated rings. The largest absolute Gasteiger partial charge is 0.460 e. The molecule has 0 aromatic heterocycles. The maximum atomic E-state index is 11.7. The van der Waals surface area contributed by atoms with Gasteiger partial charge < -0.3 is 18.9 Å². The third-order valence-electron chi connectivity index (χ3n) is 11.0. The minimum Gasteiger partial charge on any atom is -0.460 e. The predicted octanol–water partition coefficient (Wildman–Crippen LogP) is 18.4. The molecule has 0 heterocycles. The third-order valence-corrected chi connectivity index (χ3v) is 11.0. The molecule has 0 bridgehead atoms. The first kappa shape index (κ1) is 68.8. The molecule has 432 valence electrons. The van der Waals surface area contributed by atoms with Crippen LogP contribution in [0.2, 0.25) is 0 Å². The number of benzene rings is 4. The lowest BCUT2D eigenvalue weighted by Gasteiger charge is -2.18. The Morgan fingerprint density at radius 1 is 0.250 bits per heavy atom. The summed E-state index contributed by atoms with van der Waals surface area (Å²) in [5.74, 6) is -0.643. The standard InChI is InChI=1S/4C17H26O2.4H2/c4*1-16(2,3)11-13-7-9-14(10-8-13)12-19-15(18)17(4,5)6;;;;/h4*7-10H,11-12H2,1-6H3;4*1H. The maximum Gasteiger partial charge on any atom is 0.311 e. The number of esters is 4. The van der Waals surface area contributed by atoms with Gasteiger partial charge in [-0.25, -0.2) is 0 Å². The van der Waals surface area contributed by atoms with E-state index < -0.39 is 21.7 Å². The lowest BCUT2D eigenvalue weighted by Crippen LogP contribution is -2.22. The van der Waals surface area contributed by atoms with Gasteiger partial charge in [-0.1, -0.05) is 180 Å². The number of carbonyl (C=O) groups is 4. The van der Waals surface area contributed by atoms with E-state index in [1.54, 1.807) is 0 Å². The molecule has 4 aromatic rings. The fourth-order valence-electron chi connectivity index (χ4n) is 6.92. The van der Waals surface area contributed by atoms with E-state index in [2.05, 4.69) is 132 Å². The van der Waals surface area contributed by atoms with Crippen LogP contribution in [-0.2, 0) is 90.2 Å². The van der Waals surface area contributed by atoms with Crippen molar-refractivity contribution in [3.05, 3.63) is 142 Å². The first-order chi connectivity index (χ1) is 34.3. The molecule has 0 saturated heterocycles. The number of hydrogen-bond donors (Lipinski definition) is 0. The topological polar surface area (TPSA) is 105 Å². The first-order valence-electron chi connectivity index (χ1n) is 27.3. The van der Waals surface area contributed by atoms with Crippen LogP contribution in [0.15, 0.2) is 97.1 Å². The van der Waals surface area contributed by atoms with Crippen molar-refractivity contribution < 1.29 is 43.8 Å². The summed E-state index contributed by atoms with van der Waals surface area (Å²) < 4.78 is 21.2. The number of rotatable bonds is 12. The molecule has 0 radical (unpaired) electrons. The van der Waals surface area contributed by atoms with Gasteiger partial charge in [-0.15, -0.1) is 0 Å². The third kappa shape index (κ3) is 32.4. The Kier molecular flexibility index (Phi) is 26.2. The highest BCUT2D eigenvalue weighted by Crippen LogP contribution is 2.26. The van der Waals surface area contributed by atoms with Crippen molar-refractivity contribution in [3.8, 4) is 0 Å². The Morgan fingerprint density at radius 3 is 0.474 bits per heavy atom. The van der Waals surface area contributed by atoms with Crippen molar-refractivity contribution in [1.82, 2.24) is 0 Å². The van der Waals surface area contributed by atoms with Gasteiger partial charge in [-0.2, -0.15) is 0 Å². The molecule has 4 aromatic carbocycles. The second-order valence-corrected chi connectivity index (χ2v) is 29.5. The Morgan fingerprint density at radius 2 is 0.368 bits per heavy atom. The van der Waals surface area contributed by atoms with E-state index in [0.29, 0.717) is 48.1 Å². The SMILES string of the molecule is CC(C)(C)Cc1ccc(COC(=O)C(C)(C)C)cc1.CC(C)(C)Cc1ccc(COC(=O)C(C)(C)C)cc1.CC(C)(C)Cc1ccc(COC(=O)C(C)(C)C)cc1.CC(C)(C)Cc1ccc(COC(=O)C(C)(C)C)cc1.[HH].[HH].[HH].[HH]. The molecule has 76 heavy (non-hydrogen) atoms. The quantitative estimate of drug-likeness (QED) is 0.102. The summed E-state index contributed by atoms with van der Waals surface area (Å²) in [5, 5.41) is 0. The number of hydrogen-bond acceptors (Lipinski definition) is 8. The molecule has 0 amide bonds. The van der Waals surface area contributed by atoms with Crippen LogP contribution in [0.3, 0.4) is 0 Å². The average Bonchev–Trinajstić information content (AvgIpc) is 3.25. The molecule has 8 heteroatoms. The number of ether oxygens (including phenoxy) is 4. The lowest BCUT2D eigenvalue weighted by molar-refractivity contribution is -0.155. The molecule has 0 aliphatic heterocycles. The van der Waals surface area contributed by atoms with Crippen LogP contribution in [-0.4, -0.2) is 23.9 Å². The van der Waals surface area contributed by atoms with Gasteiger partial charge in [0, 0.05) is 5.71 Å². The second kappa shape index (κ2) is 28.9. The zero-order valence-electron chi connectivity index (χ0n) is 52.2. The first-order valence-corrected chi connectivity index (χ1v) is 27.3. The molecule has 0 saturated carbocycles. The normalized spacial score (nSPS) is 12.3. The van der Waals surface area contributed by atoms with E-state index >= 15 is 0 Å². The van der Waals surface area contributed by atoms with Gasteiger partial charge in [0.15, 0.2) is 0 Å². The molecule has 0 aliphatic carbocycles. The Labute approximate surface area is 469 Å². The zero-order valence-corrected chi connectivity index (χ0v) is 52.2. The summed E-state index contributed by atoms with van der Waals surface area (Å²) in [5.41, 5.74) is 8.84. The van der Waals surface area contributed by atoms with Gasteiger partial charge in [0.2, 0.25) is 0 Å². The average molecular weight is 1060 g/mol. The highest BCUT2D eigenvalue weighted by Gasteiger charge is 2.26.